The Kier molecular flexibility index (Phi) is 4.02. The lowest BCUT2D eigenvalue weighted by molar-refractivity contribution is -0.142. The second-order valence-electron chi connectivity index (χ2n) is 2.42. The first-order chi connectivity index (χ1) is 6.72. The van der Waals surface area contributed by atoms with E-state index in [1.54, 1.807) is 0 Å². The molecule has 0 saturated carbocycles. The zero-order valence-corrected chi connectivity index (χ0v) is 7.60. The van der Waals surface area contributed by atoms with Crippen LogP contribution in [-0.4, -0.2) is 34.9 Å². The van der Waals surface area contributed by atoms with Crippen LogP contribution in [-0.2, 0) is 27.5 Å². The van der Waals surface area contributed by atoms with Gasteiger partial charge in [0, 0.05) is 7.11 Å². The van der Waals surface area contributed by atoms with Gasteiger partial charge in [-0.3, -0.25) is 0 Å². The van der Waals surface area contributed by atoms with E-state index in [9.17, 15) is 4.79 Å². The highest BCUT2D eigenvalue weighted by Gasteiger charge is 2.06. The van der Waals surface area contributed by atoms with Crippen LogP contribution >= 0.6 is 0 Å². The summed E-state index contributed by atoms with van der Waals surface area (Å²) >= 11 is 0. The Morgan fingerprint density at radius 3 is 3.00 bits per heavy atom. The molecule has 0 bridgehead atoms. The van der Waals surface area contributed by atoms with Crippen LogP contribution in [0.4, 0.5) is 0 Å². The number of carboxylic acids is 1. The lowest BCUT2D eigenvalue weighted by atomic mass is 10.6. The molecule has 0 saturated heterocycles. The first-order valence-corrected chi connectivity index (χ1v) is 3.82. The molecule has 78 valence electrons. The summed E-state index contributed by atoms with van der Waals surface area (Å²) in [5.74, 6) is -0.402. The molecule has 0 aromatic carbocycles. The molecule has 0 aliphatic heterocycles. The highest BCUT2D eigenvalue weighted by molar-refractivity contribution is 5.67. The van der Waals surface area contributed by atoms with Crippen molar-refractivity contribution in [3.63, 3.8) is 0 Å². The fourth-order valence-corrected chi connectivity index (χ4v) is 0.762. The van der Waals surface area contributed by atoms with Crippen molar-refractivity contribution in [2.24, 2.45) is 0 Å². The molecular weight excluding hydrogens is 192 g/mol. The molecule has 0 radical (unpaired) electrons. The molecule has 0 aliphatic carbocycles. The Hall–Kier alpha value is -1.47. The summed E-state index contributed by atoms with van der Waals surface area (Å²) in [5, 5.41) is 11.8. The highest BCUT2D eigenvalue weighted by Crippen LogP contribution is 1.99. The van der Waals surface area contributed by atoms with Gasteiger partial charge in [0.1, 0.15) is 19.8 Å². The van der Waals surface area contributed by atoms with Gasteiger partial charge >= 0.3 is 5.97 Å². The fourth-order valence-electron chi connectivity index (χ4n) is 0.762. The molecule has 0 aliphatic rings. The summed E-state index contributed by atoms with van der Waals surface area (Å²) in [6.07, 6.45) is 0. The van der Waals surface area contributed by atoms with Crippen LogP contribution in [0, 0.1) is 0 Å². The lowest BCUT2D eigenvalue weighted by Crippen LogP contribution is -2.06. The maximum atomic E-state index is 10.1. The number of carboxylic acid groups (broad SMARTS) is 1. The molecule has 0 fully saturated rings. The number of rotatable bonds is 6. The van der Waals surface area contributed by atoms with Crippen molar-refractivity contribution in [2.75, 3.05) is 13.7 Å². The van der Waals surface area contributed by atoms with Crippen LogP contribution in [0.25, 0.3) is 0 Å². The largest absolute Gasteiger partial charge is 0.480 e. The molecule has 1 rings (SSSR count). The van der Waals surface area contributed by atoms with Gasteiger partial charge in [-0.05, 0) is 0 Å². The molecule has 7 heteroatoms. The Morgan fingerprint density at radius 1 is 1.57 bits per heavy atom. The summed E-state index contributed by atoms with van der Waals surface area (Å²) in [4.78, 5) is 14.0. The van der Waals surface area contributed by atoms with Crippen molar-refractivity contribution in [3.8, 4) is 0 Å². The van der Waals surface area contributed by atoms with Crippen molar-refractivity contribution >= 4 is 5.97 Å². The van der Waals surface area contributed by atoms with Crippen molar-refractivity contribution in [3.05, 3.63) is 11.7 Å². The molecule has 1 aromatic rings. The lowest BCUT2D eigenvalue weighted by Gasteiger charge is -1.94. The number of nitrogens with zero attached hydrogens (tertiary/aromatic N) is 2. The predicted octanol–water partition coefficient (Wildman–Crippen LogP) is -0.183. The maximum Gasteiger partial charge on any atom is 0.329 e. The Morgan fingerprint density at radius 2 is 2.36 bits per heavy atom. The molecular formula is C7H10N2O5. The van der Waals surface area contributed by atoms with Crippen LogP contribution in [0.1, 0.15) is 11.7 Å². The van der Waals surface area contributed by atoms with Gasteiger partial charge in [0.25, 0.3) is 5.89 Å². The minimum absolute atomic E-state index is 0.0109. The van der Waals surface area contributed by atoms with Gasteiger partial charge in [-0.1, -0.05) is 5.16 Å². The van der Waals surface area contributed by atoms with Crippen molar-refractivity contribution in [2.45, 2.75) is 13.2 Å². The van der Waals surface area contributed by atoms with E-state index in [0.717, 1.165) is 0 Å². The first kappa shape index (κ1) is 10.6. The second kappa shape index (κ2) is 5.30. The molecule has 0 spiro atoms. The van der Waals surface area contributed by atoms with Gasteiger partial charge in [0.15, 0.2) is 5.82 Å². The van der Waals surface area contributed by atoms with Crippen LogP contribution in [0.15, 0.2) is 4.52 Å². The van der Waals surface area contributed by atoms with E-state index in [-0.39, 0.29) is 25.7 Å². The van der Waals surface area contributed by atoms with E-state index in [0.29, 0.717) is 5.82 Å². The molecule has 0 amide bonds. The third-order valence-electron chi connectivity index (χ3n) is 1.23. The van der Waals surface area contributed by atoms with E-state index in [2.05, 4.69) is 10.1 Å². The van der Waals surface area contributed by atoms with Crippen LogP contribution < -0.4 is 0 Å². The molecule has 0 unspecified atom stereocenters. The molecule has 0 atom stereocenters. The van der Waals surface area contributed by atoms with Crippen molar-refractivity contribution in [1.82, 2.24) is 10.1 Å². The zero-order valence-electron chi connectivity index (χ0n) is 7.60. The smallest absolute Gasteiger partial charge is 0.329 e. The topological polar surface area (TPSA) is 94.7 Å². The molecule has 1 aromatic heterocycles. The summed E-state index contributed by atoms with van der Waals surface area (Å²) in [7, 11) is 1.51. The maximum absolute atomic E-state index is 10.1. The van der Waals surface area contributed by atoms with Crippen LogP contribution in [0.3, 0.4) is 0 Å². The number of carbonyl (C=O) groups is 1. The monoisotopic (exact) mass is 202 g/mol. The highest BCUT2D eigenvalue weighted by atomic mass is 16.5. The summed E-state index contributed by atoms with van der Waals surface area (Å²) in [6.45, 7) is -0.145. The summed E-state index contributed by atoms with van der Waals surface area (Å²) < 4.78 is 14.2. The number of hydrogen-bond acceptors (Lipinski definition) is 6. The number of methoxy groups -OCH3 is 1. The second-order valence-corrected chi connectivity index (χ2v) is 2.42. The minimum atomic E-state index is -1.04. The van der Waals surface area contributed by atoms with Gasteiger partial charge in [-0.25, -0.2) is 4.79 Å². The Bertz CT molecular complexity index is 298. The standard InChI is InChI=1S/C7H10N2O5/c1-12-2-5-8-6(14-9-5)3-13-4-7(10)11/h2-4H2,1H3,(H,10,11). The average molecular weight is 202 g/mol. The molecule has 1 heterocycles. The fraction of sp³-hybridized carbons (Fsp3) is 0.571. The molecule has 1 N–H and O–H groups in total. The number of ether oxygens (including phenoxy) is 2. The quantitative estimate of drug-likeness (QED) is 0.683. The van der Waals surface area contributed by atoms with Gasteiger partial charge in [-0.2, -0.15) is 4.98 Å². The molecule has 14 heavy (non-hydrogen) atoms. The number of aromatic nitrogens is 2. The van der Waals surface area contributed by atoms with Crippen LogP contribution in [0.2, 0.25) is 0 Å². The first-order valence-electron chi connectivity index (χ1n) is 3.82. The van der Waals surface area contributed by atoms with Crippen molar-refractivity contribution in [1.29, 1.82) is 0 Å². The number of aliphatic carboxylic acids is 1. The van der Waals surface area contributed by atoms with Gasteiger partial charge in [0.2, 0.25) is 0 Å². The Balaban J connectivity index is 2.32. The number of hydrogen-bond donors (Lipinski definition) is 1. The zero-order chi connectivity index (χ0) is 10.4. The minimum Gasteiger partial charge on any atom is -0.480 e. The van der Waals surface area contributed by atoms with Gasteiger partial charge in [-0.15, -0.1) is 0 Å². The van der Waals surface area contributed by atoms with Crippen molar-refractivity contribution < 1.29 is 23.9 Å². The van der Waals surface area contributed by atoms with Crippen LogP contribution in [0.5, 0.6) is 0 Å². The average Bonchev–Trinajstić information content (AvgIpc) is 2.53. The third-order valence-corrected chi connectivity index (χ3v) is 1.23. The van der Waals surface area contributed by atoms with E-state index < -0.39 is 5.97 Å². The Labute approximate surface area is 79.6 Å². The third kappa shape index (κ3) is 3.50. The molecule has 7 nitrogen and oxygen atoms in total. The summed E-state index contributed by atoms with van der Waals surface area (Å²) in [5.41, 5.74) is 0. The van der Waals surface area contributed by atoms with E-state index in [1.807, 2.05) is 0 Å². The predicted molar refractivity (Wildman–Crippen MR) is 42.3 cm³/mol. The van der Waals surface area contributed by atoms with E-state index in [1.165, 1.54) is 7.11 Å². The normalized spacial score (nSPS) is 10.4. The van der Waals surface area contributed by atoms with E-state index in [4.69, 9.17) is 19.1 Å². The summed E-state index contributed by atoms with van der Waals surface area (Å²) in [6, 6.07) is 0. The van der Waals surface area contributed by atoms with E-state index >= 15 is 0 Å². The van der Waals surface area contributed by atoms with Gasteiger partial charge < -0.3 is 19.1 Å². The SMILES string of the molecule is COCc1noc(COCC(=O)O)n1. The van der Waals surface area contributed by atoms with Gasteiger partial charge in [0.05, 0.1) is 0 Å².